The number of rotatable bonds is 6. The van der Waals surface area contributed by atoms with Crippen LogP contribution in [0.2, 0.25) is 0 Å². The van der Waals surface area contributed by atoms with Crippen LogP contribution in [0.3, 0.4) is 0 Å². The summed E-state index contributed by atoms with van der Waals surface area (Å²) in [6.45, 7) is 12.2. The minimum Gasteiger partial charge on any atom is -0.481 e. The van der Waals surface area contributed by atoms with E-state index in [1.165, 1.54) is 0 Å². The fourth-order valence-corrected chi connectivity index (χ4v) is 2.78. The maximum absolute atomic E-state index is 12.3. The number of nitrogens with one attached hydrogen (secondary N) is 1. The first-order valence-corrected chi connectivity index (χ1v) is 7.71. The third kappa shape index (κ3) is 6.48. The number of aliphatic hydroxyl groups excluding tert-OH is 1. The molecular formula is C18H29NO3. The molecule has 1 aromatic rings. The van der Waals surface area contributed by atoms with Gasteiger partial charge >= 0.3 is 0 Å². The van der Waals surface area contributed by atoms with E-state index in [9.17, 15) is 4.79 Å². The minimum absolute atomic E-state index is 0.0452. The maximum Gasteiger partial charge on any atom is 0.261 e. The highest BCUT2D eigenvalue weighted by Gasteiger charge is 2.29. The third-order valence-electron chi connectivity index (χ3n) is 3.20. The van der Waals surface area contributed by atoms with Crippen molar-refractivity contribution >= 4 is 5.91 Å². The molecule has 0 aliphatic carbocycles. The molecule has 0 fully saturated rings. The number of amides is 1. The summed E-state index contributed by atoms with van der Waals surface area (Å²) in [6.07, 6.45) is 0.284. The van der Waals surface area contributed by atoms with Crippen LogP contribution in [0.5, 0.6) is 5.75 Å². The van der Waals surface area contributed by atoms with Gasteiger partial charge in [0.05, 0.1) is 6.61 Å². The summed E-state index contributed by atoms with van der Waals surface area (Å²) < 4.78 is 5.67. The van der Waals surface area contributed by atoms with E-state index < -0.39 is 6.10 Å². The summed E-state index contributed by atoms with van der Waals surface area (Å²) in [7, 11) is 0. The van der Waals surface area contributed by atoms with E-state index in [1.807, 2.05) is 19.9 Å². The first kappa shape index (κ1) is 18.5. The zero-order valence-corrected chi connectivity index (χ0v) is 14.6. The minimum atomic E-state index is -0.590. The average Bonchev–Trinajstić information content (AvgIpc) is 2.35. The van der Waals surface area contributed by atoms with Crippen LogP contribution >= 0.6 is 0 Å². The van der Waals surface area contributed by atoms with Crippen molar-refractivity contribution in [3.05, 3.63) is 29.8 Å². The fraction of sp³-hybridized carbons (Fsp3) is 0.611. The molecule has 0 aromatic heterocycles. The van der Waals surface area contributed by atoms with E-state index in [-0.39, 0.29) is 23.5 Å². The van der Waals surface area contributed by atoms with Crippen LogP contribution in [0.1, 0.15) is 53.5 Å². The highest BCUT2D eigenvalue weighted by molar-refractivity contribution is 5.81. The molecule has 1 unspecified atom stereocenters. The van der Waals surface area contributed by atoms with Gasteiger partial charge in [-0.2, -0.15) is 0 Å². The second-order valence-electron chi connectivity index (χ2n) is 7.68. The number of carbonyl (C=O) groups is 1. The van der Waals surface area contributed by atoms with Gasteiger partial charge < -0.3 is 15.2 Å². The van der Waals surface area contributed by atoms with E-state index in [4.69, 9.17) is 9.84 Å². The topological polar surface area (TPSA) is 58.6 Å². The molecule has 0 bridgehead atoms. The van der Waals surface area contributed by atoms with Crippen molar-refractivity contribution in [1.29, 1.82) is 0 Å². The van der Waals surface area contributed by atoms with E-state index in [0.29, 0.717) is 5.75 Å². The predicted octanol–water partition coefficient (Wildman–Crippen LogP) is 3.28. The molecule has 1 aromatic carbocycles. The molecule has 22 heavy (non-hydrogen) atoms. The van der Waals surface area contributed by atoms with Crippen LogP contribution in [0.4, 0.5) is 0 Å². The summed E-state index contributed by atoms with van der Waals surface area (Å²) in [4.78, 5) is 12.3. The SMILES string of the molecule is CC(Oc1cccc(CO)c1)C(=O)NC(C)(C)CC(C)(C)C. The second kappa shape index (κ2) is 7.14. The van der Waals surface area contributed by atoms with Gasteiger partial charge in [0.2, 0.25) is 0 Å². The summed E-state index contributed by atoms with van der Waals surface area (Å²) in [5, 5.41) is 12.2. The molecule has 0 spiro atoms. The molecule has 1 amide bonds. The van der Waals surface area contributed by atoms with Gasteiger partial charge in [0.25, 0.3) is 5.91 Å². The maximum atomic E-state index is 12.3. The van der Waals surface area contributed by atoms with Gasteiger partial charge in [-0.3, -0.25) is 4.79 Å². The Morgan fingerprint density at radius 2 is 1.91 bits per heavy atom. The standard InChI is InChI=1S/C18H29NO3/c1-13(22-15-9-7-8-14(10-15)11-20)16(21)19-18(5,6)12-17(2,3)4/h7-10,13,20H,11-12H2,1-6H3,(H,19,21). The molecule has 0 aliphatic rings. The molecule has 0 saturated carbocycles. The lowest BCUT2D eigenvalue weighted by atomic mass is 9.81. The quantitative estimate of drug-likeness (QED) is 0.848. The average molecular weight is 307 g/mol. The molecule has 1 atom stereocenters. The molecule has 0 saturated heterocycles. The van der Waals surface area contributed by atoms with Gasteiger partial charge in [0, 0.05) is 5.54 Å². The fourth-order valence-electron chi connectivity index (χ4n) is 2.78. The first-order valence-electron chi connectivity index (χ1n) is 7.71. The Labute approximate surface area is 133 Å². The first-order chi connectivity index (χ1) is 10.0. The van der Waals surface area contributed by atoms with Crippen molar-refractivity contribution in [1.82, 2.24) is 5.32 Å². The number of carbonyl (C=O) groups excluding carboxylic acids is 1. The van der Waals surface area contributed by atoms with Crippen LogP contribution in [0, 0.1) is 5.41 Å². The van der Waals surface area contributed by atoms with E-state index in [0.717, 1.165) is 12.0 Å². The Morgan fingerprint density at radius 1 is 1.27 bits per heavy atom. The zero-order valence-electron chi connectivity index (χ0n) is 14.6. The van der Waals surface area contributed by atoms with Gasteiger partial charge in [0.15, 0.2) is 6.10 Å². The van der Waals surface area contributed by atoms with Crippen molar-refractivity contribution in [2.45, 2.75) is 66.2 Å². The Kier molecular flexibility index (Phi) is 6.00. The lowest BCUT2D eigenvalue weighted by Gasteiger charge is -2.34. The predicted molar refractivity (Wildman–Crippen MR) is 88.7 cm³/mol. The number of ether oxygens (including phenoxy) is 1. The molecule has 4 heteroatoms. The molecule has 0 aliphatic heterocycles. The number of hydrogen-bond donors (Lipinski definition) is 2. The molecule has 124 valence electrons. The Morgan fingerprint density at radius 3 is 2.45 bits per heavy atom. The molecule has 0 radical (unpaired) electrons. The smallest absolute Gasteiger partial charge is 0.261 e. The van der Waals surface area contributed by atoms with E-state index >= 15 is 0 Å². The molecule has 1 rings (SSSR count). The van der Waals surface area contributed by atoms with Gasteiger partial charge in [-0.15, -0.1) is 0 Å². The number of aliphatic hydroxyl groups is 1. The van der Waals surface area contributed by atoms with Crippen molar-refractivity contribution < 1.29 is 14.6 Å². The largest absolute Gasteiger partial charge is 0.481 e. The zero-order chi connectivity index (χ0) is 17.0. The Hall–Kier alpha value is -1.55. The molecule has 0 heterocycles. The monoisotopic (exact) mass is 307 g/mol. The van der Waals surface area contributed by atoms with Gasteiger partial charge in [-0.1, -0.05) is 32.9 Å². The normalized spacial score (nSPS) is 13.6. The third-order valence-corrected chi connectivity index (χ3v) is 3.20. The van der Waals surface area contributed by atoms with Gasteiger partial charge in [0.1, 0.15) is 5.75 Å². The van der Waals surface area contributed by atoms with Crippen LogP contribution in [-0.4, -0.2) is 22.7 Å². The van der Waals surface area contributed by atoms with Crippen LogP contribution in [-0.2, 0) is 11.4 Å². The lowest BCUT2D eigenvalue weighted by Crippen LogP contribution is -2.50. The highest BCUT2D eigenvalue weighted by atomic mass is 16.5. The molecule has 4 nitrogen and oxygen atoms in total. The van der Waals surface area contributed by atoms with Crippen molar-refractivity contribution in [2.24, 2.45) is 5.41 Å². The van der Waals surface area contributed by atoms with Crippen molar-refractivity contribution in [3.8, 4) is 5.75 Å². The van der Waals surface area contributed by atoms with E-state index in [2.05, 4.69) is 26.1 Å². The highest BCUT2D eigenvalue weighted by Crippen LogP contribution is 2.27. The van der Waals surface area contributed by atoms with Gasteiger partial charge in [-0.05, 0) is 50.3 Å². The lowest BCUT2D eigenvalue weighted by molar-refractivity contribution is -0.129. The van der Waals surface area contributed by atoms with E-state index in [1.54, 1.807) is 25.1 Å². The summed E-state index contributed by atoms with van der Waals surface area (Å²) in [5.74, 6) is 0.450. The van der Waals surface area contributed by atoms with Gasteiger partial charge in [-0.25, -0.2) is 0 Å². The summed E-state index contributed by atoms with van der Waals surface area (Å²) in [6, 6.07) is 7.13. The second-order valence-corrected chi connectivity index (χ2v) is 7.68. The molecular weight excluding hydrogens is 278 g/mol. The Balaban J connectivity index is 2.65. The van der Waals surface area contributed by atoms with Crippen LogP contribution in [0.15, 0.2) is 24.3 Å². The number of hydrogen-bond acceptors (Lipinski definition) is 3. The molecule has 2 N–H and O–H groups in total. The summed E-state index contributed by atoms with van der Waals surface area (Å²) >= 11 is 0. The van der Waals surface area contributed by atoms with Crippen molar-refractivity contribution in [2.75, 3.05) is 0 Å². The van der Waals surface area contributed by atoms with Crippen LogP contribution < -0.4 is 10.1 Å². The number of benzene rings is 1. The Bertz CT molecular complexity index is 503. The van der Waals surface area contributed by atoms with Crippen molar-refractivity contribution in [3.63, 3.8) is 0 Å². The summed E-state index contributed by atoms with van der Waals surface area (Å²) in [5.41, 5.74) is 0.606. The van der Waals surface area contributed by atoms with Crippen LogP contribution in [0.25, 0.3) is 0 Å².